The van der Waals surface area contributed by atoms with Gasteiger partial charge in [-0.05, 0) is 35.4 Å². The maximum atomic E-state index is 12.9. The molecule has 0 fully saturated rings. The van der Waals surface area contributed by atoms with Crippen molar-refractivity contribution in [3.05, 3.63) is 71.3 Å². The summed E-state index contributed by atoms with van der Waals surface area (Å²) in [5.41, 5.74) is 7.30. The topological polar surface area (TPSA) is 26.0 Å². The average Bonchev–Trinajstić information content (AvgIpc) is 2.34. The average molecular weight is 263 g/mol. The molecule has 2 aromatic carbocycles. The predicted octanol–water partition coefficient (Wildman–Crippen LogP) is 3.38. The fourth-order valence-corrected chi connectivity index (χ4v) is 2.10. The number of hydrogen-bond acceptors (Lipinski definition) is 1. The van der Waals surface area contributed by atoms with Crippen molar-refractivity contribution < 1.29 is 8.78 Å². The van der Waals surface area contributed by atoms with Crippen molar-refractivity contribution in [2.45, 2.75) is 5.92 Å². The molecule has 0 bridgehead atoms. The predicted molar refractivity (Wildman–Crippen MR) is 71.4 cm³/mol. The van der Waals surface area contributed by atoms with Crippen molar-refractivity contribution in [2.24, 2.45) is 5.73 Å². The van der Waals surface area contributed by atoms with Crippen LogP contribution in [0.3, 0.4) is 0 Å². The van der Waals surface area contributed by atoms with Crippen LogP contribution >= 0.6 is 12.2 Å². The van der Waals surface area contributed by atoms with Crippen molar-refractivity contribution in [3.8, 4) is 0 Å². The Morgan fingerprint density at radius 2 is 1.17 bits per heavy atom. The quantitative estimate of drug-likeness (QED) is 0.859. The van der Waals surface area contributed by atoms with Crippen LogP contribution in [0.4, 0.5) is 8.78 Å². The van der Waals surface area contributed by atoms with Crippen molar-refractivity contribution in [1.29, 1.82) is 0 Å². The molecule has 0 spiro atoms. The van der Waals surface area contributed by atoms with E-state index in [1.807, 2.05) is 0 Å². The minimum atomic E-state index is -0.332. The highest BCUT2D eigenvalue weighted by atomic mass is 32.1. The van der Waals surface area contributed by atoms with Gasteiger partial charge in [0.15, 0.2) is 0 Å². The minimum Gasteiger partial charge on any atom is -0.393 e. The van der Waals surface area contributed by atoms with Gasteiger partial charge in [0.05, 0.1) is 10.9 Å². The molecule has 4 heteroatoms. The second kappa shape index (κ2) is 5.23. The lowest BCUT2D eigenvalue weighted by molar-refractivity contribution is 0.626. The SMILES string of the molecule is NC(=S)C(c1ccc(F)cc1)c1ccc(F)cc1. The molecule has 0 aliphatic heterocycles. The third kappa shape index (κ3) is 2.71. The first-order valence-electron chi connectivity index (χ1n) is 5.38. The van der Waals surface area contributed by atoms with E-state index in [9.17, 15) is 8.78 Å². The number of nitrogens with two attached hydrogens (primary N) is 1. The van der Waals surface area contributed by atoms with Crippen LogP contribution in [-0.4, -0.2) is 4.99 Å². The van der Waals surface area contributed by atoms with E-state index in [1.165, 1.54) is 24.3 Å². The molecule has 18 heavy (non-hydrogen) atoms. The van der Waals surface area contributed by atoms with Gasteiger partial charge in [-0.15, -0.1) is 0 Å². The number of halogens is 2. The van der Waals surface area contributed by atoms with Crippen LogP contribution in [-0.2, 0) is 0 Å². The Labute approximate surface area is 109 Å². The highest BCUT2D eigenvalue weighted by Crippen LogP contribution is 2.25. The molecule has 92 valence electrons. The number of benzene rings is 2. The summed E-state index contributed by atoms with van der Waals surface area (Å²) in [5, 5.41) is 0. The van der Waals surface area contributed by atoms with E-state index < -0.39 is 0 Å². The Balaban J connectivity index is 2.43. The Kier molecular flexibility index (Phi) is 3.67. The van der Waals surface area contributed by atoms with Crippen LogP contribution in [0.15, 0.2) is 48.5 Å². The molecule has 0 aliphatic rings. The fourth-order valence-electron chi connectivity index (χ4n) is 1.83. The molecular formula is C14H11F2NS. The highest BCUT2D eigenvalue weighted by molar-refractivity contribution is 7.80. The zero-order valence-corrected chi connectivity index (χ0v) is 10.3. The normalized spacial score (nSPS) is 10.6. The Hall–Kier alpha value is -1.81. The molecule has 0 unspecified atom stereocenters. The van der Waals surface area contributed by atoms with Crippen LogP contribution in [0.2, 0.25) is 0 Å². The lowest BCUT2D eigenvalue weighted by Gasteiger charge is -2.16. The lowest BCUT2D eigenvalue weighted by atomic mass is 9.91. The largest absolute Gasteiger partial charge is 0.393 e. The molecule has 0 aliphatic carbocycles. The zero-order valence-electron chi connectivity index (χ0n) is 9.44. The van der Waals surface area contributed by atoms with E-state index in [-0.39, 0.29) is 22.5 Å². The molecule has 0 aromatic heterocycles. The maximum absolute atomic E-state index is 12.9. The van der Waals surface area contributed by atoms with Gasteiger partial charge < -0.3 is 5.73 Å². The standard InChI is InChI=1S/C14H11F2NS/c15-11-5-1-9(2-6-11)13(14(17)18)10-3-7-12(16)8-4-10/h1-8,13H,(H2,17,18). The van der Waals surface area contributed by atoms with Crippen molar-refractivity contribution in [3.63, 3.8) is 0 Å². The van der Waals surface area contributed by atoms with E-state index >= 15 is 0 Å². The van der Waals surface area contributed by atoms with E-state index in [2.05, 4.69) is 0 Å². The molecule has 0 radical (unpaired) electrons. The molecule has 1 nitrogen and oxygen atoms in total. The van der Waals surface area contributed by atoms with Gasteiger partial charge in [-0.25, -0.2) is 8.78 Å². The second-order valence-corrected chi connectivity index (χ2v) is 4.41. The van der Waals surface area contributed by atoms with Gasteiger partial charge in [0.1, 0.15) is 11.6 Å². The van der Waals surface area contributed by atoms with Gasteiger partial charge in [0.25, 0.3) is 0 Å². The molecule has 2 rings (SSSR count). The van der Waals surface area contributed by atoms with Gasteiger partial charge >= 0.3 is 0 Å². The van der Waals surface area contributed by atoms with E-state index in [4.69, 9.17) is 18.0 Å². The molecule has 2 aromatic rings. The smallest absolute Gasteiger partial charge is 0.123 e. The third-order valence-electron chi connectivity index (χ3n) is 2.69. The Morgan fingerprint density at radius 1 is 0.833 bits per heavy atom. The van der Waals surface area contributed by atoms with E-state index in [0.29, 0.717) is 0 Å². The van der Waals surface area contributed by atoms with Crippen LogP contribution < -0.4 is 5.73 Å². The summed E-state index contributed by atoms with van der Waals surface area (Å²) in [4.78, 5) is 0.271. The van der Waals surface area contributed by atoms with Crippen LogP contribution in [0.25, 0.3) is 0 Å². The fraction of sp³-hybridized carbons (Fsp3) is 0.0714. The van der Waals surface area contributed by atoms with Crippen molar-refractivity contribution >= 4 is 17.2 Å². The van der Waals surface area contributed by atoms with Crippen molar-refractivity contribution in [1.82, 2.24) is 0 Å². The summed E-state index contributed by atoms with van der Waals surface area (Å²) in [6.45, 7) is 0. The number of rotatable bonds is 3. The number of thiocarbonyl (C=S) groups is 1. The Bertz CT molecular complexity index is 504. The molecule has 2 N–H and O–H groups in total. The molecule has 0 saturated carbocycles. The van der Waals surface area contributed by atoms with Gasteiger partial charge in [-0.2, -0.15) is 0 Å². The molecule has 0 amide bonds. The van der Waals surface area contributed by atoms with E-state index in [1.54, 1.807) is 24.3 Å². The molecule has 0 heterocycles. The second-order valence-electron chi connectivity index (χ2n) is 3.94. The van der Waals surface area contributed by atoms with E-state index in [0.717, 1.165) is 11.1 Å². The third-order valence-corrected chi connectivity index (χ3v) is 2.93. The molecule has 0 atom stereocenters. The van der Waals surface area contributed by atoms with Crippen LogP contribution in [0.5, 0.6) is 0 Å². The number of hydrogen-bond donors (Lipinski definition) is 1. The first kappa shape index (κ1) is 12.6. The zero-order chi connectivity index (χ0) is 13.1. The van der Waals surface area contributed by atoms with Crippen LogP contribution in [0, 0.1) is 11.6 Å². The van der Waals surface area contributed by atoms with Gasteiger partial charge in [-0.1, -0.05) is 36.5 Å². The maximum Gasteiger partial charge on any atom is 0.123 e. The first-order chi connectivity index (χ1) is 8.58. The summed E-state index contributed by atoms with van der Waals surface area (Å²) >= 11 is 5.04. The molecular weight excluding hydrogens is 252 g/mol. The summed E-state index contributed by atoms with van der Waals surface area (Å²) in [6.07, 6.45) is 0. The summed E-state index contributed by atoms with van der Waals surface area (Å²) in [5.74, 6) is -0.972. The summed E-state index contributed by atoms with van der Waals surface area (Å²) < 4.78 is 25.8. The van der Waals surface area contributed by atoms with Gasteiger partial charge in [-0.3, -0.25) is 0 Å². The first-order valence-corrected chi connectivity index (χ1v) is 5.79. The summed E-state index contributed by atoms with van der Waals surface area (Å²) in [6, 6.07) is 11.9. The van der Waals surface area contributed by atoms with Crippen LogP contribution in [0.1, 0.15) is 17.0 Å². The molecule has 0 saturated heterocycles. The highest BCUT2D eigenvalue weighted by Gasteiger charge is 2.17. The monoisotopic (exact) mass is 263 g/mol. The summed E-state index contributed by atoms with van der Waals surface area (Å²) in [7, 11) is 0. The van der Waals surface area contributed by atoms with Gasteiger partial charge in [0, 0.05) is 0 Å². The minimum absolute atomic E-state index is 0.271. The lowest BCUT2D eigenvalue weighted by Crippen LogP contribution is -2.20. The van der Waals surface area contributed by atoms with Gasteiger partial charge in [0.2, 0.25) is 0 Å². The Morgan fingerprint density at radius 3 is 1.44 bits per heavy atom. The van der Waals surface area contributed by atoms with Crippen molar-refractivity contribution in [2.75, 3.05) is 0 Å².